The molecule has 1 fully saturated rings. The molecule has 1 aliphatic rings. The molecule has 0 aromatic heterocycles. The summed E-state index contributed by atoms with van der Waals surface area (Å²) in [5.41, 5.74) is 2.49. The number of thioether (sulfide) groups is 1. The maximum Gasteiger partial charge on any atom is 0.293 e. The summed E-state index contributed by atoms with van der Waals surface area (Å²) >= 11 is 13.0. The van der Waals surface area contributed by atoms with E-state index in [1.807, 2.05) is 48.5 Å². The van der Waals surface area contributed by atoms with Crippen LogP contribution < -0.4 is 4.74 Å². The van der Waals surface area contributed by atoms with Crippen LogP contribution in [0.15, 0.2) is 77.7 Å². The van der Waals surface area contributed by atoms with E-state index >= 15 is 0 Å². The van der Waals surface area contributed by atoms with Crippen LogP contribution >= 0.6 is 35.0 Å². The number of carbonyl (C=O) groups excluding carboxylic acids is 2. The Hall–Kier alpha value is -2.73. The highest BCUT2D eigenvalue weighted by Gasteiger charge is 2.34. The van der Waals surface area contributed by atoms with Crippen LogP contribution in [0.3, 0.4) is 0 Å². The standard InChI is InChI=1S/C24H17Cl2NO3S/c25-19-10-8-16(9-11-19)14-27-23(28)22(31-24(27)29)13-17-4-3-6-20(12-17)30-15-18-5-1-2-7-21(18)26/h1-13H,14-15H2/b22-13+. The van der Waals surface area contributed by atoms with Crippen LogP contribution in [0.1, 0.15) is 16.7 Å². The summed E-state index contributed by atoms with van der Waals surface area (Å²) in [6.45, 7) is 0.543. The Morgan fingerprint density at radius 2 is 1.71 bits per heavy atom. The van der Waals surface area contributed by atoms with Gasteiger partial charge in [0.1, 0.15) is 12.4 Å². The van der Waals surface area contributed by atoms with E-state index in [2.05, 4.69) is 0 Å². The summed E-state index contributed by atoms with van der Waals surface area (Å²) in [6, 6.07) is 21.9. The summed E-state index contributed by atoms with van der Waals surface area (Å²) in [5.74, 6) is 0.335. The highest BCUT2D eigenvalue weighted by molar-refractivity contribution is 8.18. The molecule has 0 radical (unpaired) electrons. The summed E-state index contributed by atoms with van der Waals surface area (Å²) in [4.78, 5) is 26.8. The first kappa shape index (κ1) is 21.5. The predicted molar refractivity (Wildman–Crippen MR) is 125 cm³/mol. The van der Waals surface area contributed by atoms with Gasteiger partial charge in [-0.25, -0.2) is 0 Å². The smallest absolute Gasteiger partial charge is 0.293 e. The minimum atomic E-state index is -0.313. The van der Waals surface area contributed by atoms with Crippen LogP contribution in [-0.2, 0) is 17.9 Å². The first-order valence-corrected chi connectivity index (χ1v) is 11.0. The number of rotatable bonds is 6. The van der Waals surface area contributed by atoms with Crippen molar-refractivity contribution in [1.82, 2.24) is 4.90 Å². The third-order valence-corrected chi connectivity index (χ3v) is 6.16. The Morgan fingerprint density at radius 1 is 0.935 bits per heavy atom. The fourth-order valence-electron chi connectivity index (χ4n) is 3.03. The minimum absolute atomic E-state index is 0.208. The second-order valence-electron chi connectivity index (χ2n) is 6.85. The van der Waals surface area contributed by atoms with Crippen LogP contribution in [0, 0.1) is 0 Å². The second-order valence-corrected chi connectivity index (χ2v) is 8.68. The van der Waals surface area contributed by atoms with Gasteiger partial charge in [-0.05, 0) is 59.3 Å². The molecule has 4 nitrogen and oxygen atoms in total. The Labute approximate surface area is 194 Å². The molecule has 3 aromatic carbocycles. The van der Waals surface area contributed by atoms with Crippen LogP contribution in [0.25, 0.3) is 6.08 Å². The van der Waals surface area contributed by atoms with E-state index in [0.29, 0.717) is 27.3 Å². The van der Waals surface area contributed by atoms with Gasteiger partial charge in [-0.15, -0.1) is 0 Å². The molecule has 156 valence electrons. The lowest BCUT2D eigenvalue weighted by atomic mass is 10.2. The van der Waals surface area contributed by atoms with E-state index in [4.69, 9.17) is 27.9 Å². The van der Waals surface area contributed by atoms with Gasteiger partial charge in [0.05, 0.1) is 11.4 Å². The molecule has 7 heteroatoms. The van der Waals surface area contributed by atoms with Gasteiger partial charge in [0.2, 0.25) is 0 Å². The molecule has 1 heterocycles. The van der Waals surface area contributed by atoms with Gasteiger partial charge in [0, 0.05) is 15.6 Å². The maximum absolute atomic E-state index is 12.8. The van der Waals surface area contributed by atoms with E-state index < -0.39 is 0 Å². The lowest BCUT2D eigenvalue weighted by molar-refractivity contribution is -0.123. The monoisotopic (exact) mass is 469 g/mol. The third-order valence-electron chi connectivity index (χ3n) is 4.64. The zero-order chi connectivity index (χ0) is 21.8. The van der Waals surface area contributed by atoms with Crippen molar-refractivity contribution in [2.45, 2.75) is 13.2 Å². The number of amides is 2. The van der Waals surface area contributed by atoms with E-state index in [1.54, 1.807) is 30.3 Å². The quantitative estimate of drug-likeness (QED) is 0.372. The number of ether oxygens (including phenoxy) is 1. The number of benzene rings is 3. The highest BCUT2D eigenvalue weighted by atomic mass is 35.5. The van der Waals surface area contributed by atoms with Crippen molar-refractivity contribution in [3.05, 3.63) is 104 Å². The molecule has 0 unspecified atom stereocenters. The first-order chi connectivity index (χ1) is 15.0. The van der Waals surface area contributed by atoms with Crippen molar-refractivity contribution >= 4 is 52.2 Å². The van der Waals surface area contributed by atoms with Crippen LogP contribution in [0.5, 0.6) is 5.75 Å². The maximum atomic E-state index is 12.8. The molecule has 1 aliphatic heterocycles. The van der Waals surface area contributed by atoms with E-state index in [1.165, 1.54) is 4.90 Å². The molecule has 1 saturated heterocycles. The summed E-state index contributed by atoms with van der Waals surface area (Å²) in [7, 11) is 0. The Kier molecular flexibility index (Phi) is 6.66. The number of hydrogen-bond donors (Lipinski definition) is 0. The molecule has 4 rings (SSSR count). The number of hydrogen-bond acceptors (Lipinski definition) is 4. The van der Waals surface area contributed by atoms with Crippen molar-refractivity contribution in [1.29, 1.82) is 0 Å². The normalized spacial score (nSPS) is 15.0. The van der Waals surface area contributed by atoms with Crippen LogP contribution in [0.2, 0.25) is 10.0 Å². The second kappa shape index (κ2) is 9.60. The van der Waals surface area contributed by atoms with Crippen molar-refractivity contribution < 1.29 is 14.3 Å². The van der Waals surface area contributed by atoms with E-state index in [9.17, 15) is 9.59 Å². The number of halogens is 2. The molecule has 0 N–H and O–H groups in total. The van der Waals surface area contributed by atoms with Crippen LogP contribution in [0.4, 0.5) is 4.79 Å². The first-order valence-electron chi connectivity index (χ1n) is 9.46. The topological polar surface area (TPSA) is 46.6 Å². The van der Waals surface area contributed by atoms with Gasteiger partial charge in [0.15, 0.2) is 0 Å². The van der Waals surface area contributed by atoms with Gasteiger partial charge < -0.3 is 4.74 Å². The van der Waals surface area contributed by atoms with E-state index in [0.717, 1.165) is 28.5 Å². The van der Waals surface area contributed by atoms with E-state index in [-0.39, 0.29) is 17.7 Å². The fourth-order valence-corrected chi connectivity index (χ4v) is 4.19. The number of nitrogens with zero attached hydrogens (tertiary/aromatic N) is 1. The van der Waals surface area contributed by atoms with Crippen molar-refractivity contribution in [3.8, 4) is 5.75 Å². The summed E-state index contributed by atoms with van der Waals surface area (Å²) in [5, 5.41) is 0.958. The van der Waals surface area contributed by atoms with Crippen molar-refractivity contribution in [2.24, 2.45) is 0 Å². The number of imide groups is 1. The molecule has 0 saturated carbocycles. The zero-order valence-electron chi connectivity index (χ0n) is 16.3. The zero-order valence-corrected chi connectivity index (χ0v) is 18.6. The van der Waals surface area contributed by atoms with Crippen molar-refractivity contribution in [3.63, 3.8) is 0 Å². The lowest BCUT2D eigenvalue weighted by Gasteiger charge is -2.12. The largest absolute Gasteiger partial charge is 0.489 e. The summed E-state index contributed by atoms with van der Waals surface area (Å²) in [6.07, 6.45) is 1.70. The SMILES string of the molecule is O=C1S/C(=C/c2cccc(OCc3ccccc3Cl)c2)C(=O)N1Cc1ccc(Cl)cc1. The van der Waals surface area contributed by atoms with Gasteiger partial charge in [-0.1, -0.05) is 65.7 Å². The molecule has 3 aromatic rings. The molecule has 0 spiro atoms. The molecule has 0 bridgehead atoms. The number of carbonyl (C=O) groups is 2. The van der Waals surface area contributed by atoms with Crippen molar-refractivity contribution in [2.75, 3.05) is 0 Å². The lowest BCUT2D eigenvalue weighted by Crippen LogP contribution is -2.27. The third kappa shape index (κ3) is 5.31. The van der Waals surface area contributed by atoms with Gasteiger partial charge in [-0.2, -0.15) is 0 Å². The Bertz CT molecular complexity index is 1160. The Morgan fingerprint density at radius 3 is 2.48 bits per heavy atom. The molecule has 31 heavy (non-hydrogen) atoms. The van der Waals surface area contributed by atoms with Gasteiger partial charge >= 0.3 is 0 Å². The molecule has 2 amide bonds. The van der Waals surface area contributed by atoms with Gasteiger partial charge in [0.25, 0.3) is 11.1 Å². The van der Waals surface area contributed by atoms with Gasteiger partial charge in [-0.3, -0.25) is 14.5 Å². The average molecular weight is 470 g/mol. The minimum Gasteiger partial charge on any atom is -0.489 e. The summed E-state index contributed by atoms with van der Waals surface area (Å²) < 4.78 is 5.84. The molecular formula is C24H17Cl2NO3S. The predicted octanol–water partition coefficient (Wildman–Crippen LogP) is 6.81. The van der Waals surface area contributed by atoms with Crippen LogP contribution in [-0.4, -0.2) is 16.0 Å². The fraction of sp³-hybridized carbons (Fsp3) is 0.0833. The molecular weight excluding hydrogens is 453 g/mol. The average Bonchev–Trinajstić information content (AvgIpc) is 3.02. The Balaban J connectivity index is 1.46. The molecule has 0 aliphatic carbocycles. The molecule has 0 atom stereocenters. The highest BCUT2D eigenvalue weighted by Crippen LogP contribution is 2.34.